The van der Waals surface area contributed by atoms with Gasteiger partial charge < -0.3 is 0 Å². The molecule has 0 saturated carbocycles. The summed E-state index contributed by atoms with van der Waals surface area (Å²) in [6, 6.07) is 0. The summed E-state index contributed by atoms with van der Waals surface area (Å²) in [5, 5.41) is 0. The molecule has 0 bridgehead atoms. The molecule has 0 N–H and O–H groups in total. The fraction of sp³-hybridized carbons (Fsp3) is 0.692. The van der Waals surface area contributed by atoms with E-state index in [-0.39, 0.29) is 0 Å². The van der Waals surface area contributed by atoms with E-state index in [0.717, 1.165) is 0 Å². The second-order valence-electron chi connectivity index (χ2n) is 5.43. The summed E-state index contributed by atoms with van der Waals surface area (Å²) in [5.41, 5.74) is 3.65. The zero-order chi connectivity index (χ0) is 10.1. The number of allylic oxidation sites excluding steroid dienone is 4. The Morgan fingerprint density at radius 3 is 2.23 bits per heavy atom. The lowest BCUT2D eigenvalue weighted by molar-refractivity contribution is 0.390. The van der Waals surface area contributed by atoms with Crippen LogP contribution in [0.2, 0.25) is 0 Å². The van der Waals surface area contributed by atoms with Crippen LogP contribution < -0.4 is 0 Å². The fourth-order valence-corrected chi connectivity index (χ4v) is 2.07. The van der Waals surface area contributed by atoms with Gasteiger partial charge in [0.1, 0.15) is 0 Å². The highest BCUT2D eigenvalue weighted by Crippen LogP contribution is 2.41. The van der Waals surface area contributed by atoms with Crippen molar-refractivity contribution in [1.29, 1.82) is 0 Å². The van der Waals surface area contributed by atoms with Gasteiger partial charge in [-0.3, -0.25) is 0 Å². The standard InChI is InChI=1S/C13H22/c1-10(2)6-7-12-9-13(4,5)8-11(12)3/h6-7,10H,8-9H2,1-5H3/b7-6-. The Hall–Kier alpha value is -0.520. The molecule has 0 aromatic carbocycles. The highest BCUT2D eigenvalue weighted by atomic mass is 14.3. The first-order valence-corrected chi connectivity index (χ1v) is 5.27. The highest BCUT2D eigenvalue weighted by Gasteiger charge is 2.26. The Balaban J connectivity index is 2.67. The molecule has 0 atom stereocenters. The Morgan fingerprint density at radius 2 is 1.85 bits per heavy atom. The van der Waals surface area contributed by atoms with Crippen molar-refractivity contribution in [2.24, 2.45) is 11.3 Å². The van der Waals surface area contributed by atoms with Crippen LogP contribution in [0.1, 0.15) is 47.5 Å². The van der Waals surface area contributed by atoms with Crippen LogP contribution in [0, 0.1) is 11.3 Å². The van der Waals surface area contributed by atoms with E-state index in [1.54, 1.807) is 11.1 Å². The van der Waals surface area contributed by atoms with Gasteiger partial charge in [0.05, 0.1) is 0 Å². The summed E-state index contributed by atoms with van der Waals surface area (Å²) in [6.07, 6.45) is 7.15. The van der Waals surface area contributed by atoms with E-state index < -0.39 is 0 Å². The summed E-state index contributed by atoms with van der Waals surface area (Å²) in [6.45, 7) is 11.4. The van der Waals surface area contributed by atoms with Gasteiger partial charge in [0, 0.05) is 0 Å². The number of rotatable bonds is 2. The van der Waals surface area contributed by atoms with Crippen LogP contribution in [-0.4, -0.2) is 0 Å². The summed E-state index contributed by atoms with van der Waals surface area (Å²) in [4.78, 5) is 0. The molecule has 0 fully saturated rings. The molecule has 0 aromatic rings. The first-order valence-electron chi connectivity index (χ1n) is 5.27. The molecule has 0 radical (unpaired) electrons. The van der Waals surface area contributed by atoms with E-state index in [0.29, 0.717) is 11.3 Å². The van der Waals surface area contributed by atoms with Crippen LogP contribution in [0.15, 0.2) is 23.3 Å². The second kappa shape index (κ2) is 3.69. The third-order valence-corrected chi connectivity index (χ3v) is 2.64. The van der Waals surface area contributed by atoms with Gasteiger partial charge in [-0.2, -0.15) is 0 Å². The lowest BCUT2D eigenvalue weighted by Crippen LogP contribution is -2.04. The summed E-state index contributed by atoms with van der Waals surface area (Å²) in [7, 11) is 0. The molecular weight excluding hydrogens is 156 g/mol. The van der Waals surface area contributed by atoms with Crippen molar-refractivity contribution < 1.29 is 0 Å². The van der Waals surface area contributed by atoms with Crippen LogP contribution in [0.3, 0.4) is 0 Å². The van der Waals surface area contributed by atoms with Crippen LogP contribution in [0.5, 0.6) is 0 Å². The SMILES string of the molecule is CC1=C(/C=C\C(C)C)CC(C)(C)C1. The van der Waals surface area contributed by atoms with Gasteiger partial charge in [-0.1, -0.05) is 45.4 Å². The van der Waals surface area contributed by atoms with Gasteiger partial charge in [-0.05, 0) is 36.7 Å². The molecule has 0 heterocycles. The van der Waals surface area contributed by atoms with Gasteiger partial charge in [0.2, 0.25) is 0 Å². The molecule has 0 amide bonds. The zero-order valence-electron chi connectivity index (χ0n) is 9.65. The number of hydrogen-bond acceptors (Lipinski definition) is 0. The van der Waals surface area contributed by atoms with Crippen LogP contribution in [0.25, 0.3) is 0 Å². The second-order valence-corrected chi connectivity index (χ2v) is 5.43. The molecule has 0 heteroatoms. The van der Waals surface area contributed by atoms with Gasteiger partial charge in [0.15, 0.2) is 0 Å². The van der Waals surface area contributed by atoms with E-state index in [1.165, 1.54) is 12.8 Å². The Morgan fingerprint density at radius 1 is 1.23 bits per heavy atom. The molecular formula is C13H22. The van der Waals surface area contributed by atoms with E-state index in [4.69, 9.17) is 0 Å². The smallest absolute Gasteiger partial charge is 0.0225 e. The maximum atomic E-state index is 2.35. The average Bonchev–Trinajstić information content (AvgIpc) is 2.20. The summed E-state index contributed by atoms with van der Waals surface area (Å²) < 4.78 is 0. The maximum Gasteiger partial charge on any atom is -0.0225 e. The van der Waals surface area contributed by atoms with Crippen LogP contribution in [0.4, 0.5) is 0 Å². The first kappa shape index (κ1) is 10.6. The van der Waals surface area contributed by atoms with Crippen molar-refractivity contribution in [2.75, 3.05) is 0 Å². The molecule has 1 rings (SSSR count). The minimum Gasteiger partial charge on any atom is -0.0817 e. The predicted octanol–water partition coefficient (Wildman–Crippen LogP) is 4.34. The van der Waals surface area contributed by atoms with Gasteiger partial charge in [-0.25, -0.2) is 0 Å². The summed E-state index contributed by atoms with van der Waals surface area (Å²) >= 11 is 0. The van der Waals surface area contributed by atoms with Gasteiger partial charge >= 0.3 is 0 Å². The topological polar surface area (TPSA) is 0 Å². The fourth-order valence-electron chi connectivity index (χ4n) is 2.07. The molecule has 74 valence electrons. The molecule has 1 aliphatic rings. The zero-order valence-corrected chi connectivity index (χ0v) is 9.65. The first-order chi connectivity index (χ1) is 5.91. The molecule has 0 saturated heterocycles. The van der Waals surface area contributed by atoms with E-state index >= 15 is 0 Å². The molecule has 1 aliphatic carbocycles. The van der Waals surface area contributed by atoms with Crippen LogP contribution in [-0.2, 0) is 0 Å². The molecule has 0 aromatic heterocycles. The van der Waals surface area contributed by atoms with E-state index in [1.807, 2.05) is 0 Å². The molecule has 0 nitrogen and oxygen atoms in total. The molecule has 0 spiro atoms. The molecule has 0 unspecified atom stereocenters. The Kier molecular flexibility index (Phi) is 3.00. The monoisotopic (exact) mass is 178 g/mol. The average molecular weight is 178 g/mol. The molecule has 0 aliphatic heterocycles. The van der Waals surface area contributed by atoms with Crippen molar-refractivity contribution in [1.82, 2.24) is 0 Å². The molecule has 13 heavy (non-hydrogen) atoms. The minimum absolute atomic E-state index is 0.501. The van der Waals surface area contributed by atoms with E-state index in [2.05, 4.69) is 46.8 Å². The normalized spacial score (nSPS) is 22.3. The maximum absolute atomic E-state index is 2.35. The Labute approximate surface area is 82.7 Å². The summed E-state index contributed by atoms with van der Waals surface area (Å²) in [5.74, 6) is 0.670. The van der Waals surface area contributed by atoms with Crippen molar-refractivity contribution in [3.8, 4) is 0 Å². The van der Waals surface area contributed by atoms with Crippen molar-refractivity contribution >= 4 is 0 Å². The van der Waals surface area contributed by atoms with Crippen molar-refractivity contribution in [3.05, 3.63) is 23.3 Å². The van der Waals surface area contributed by atoms with Crippen LogP contribution >= 0.6 is 0 Å². The Bertz CT molecular complexity index is 239. The minimum atomic E-state index is 0.501. The lowest BCUT2D eigenvalue weighted by Gasteiger charge is -2.16. The third kappa shape index (κ3) is 3.02. The van der Waals surface area contributed by atoms with Crippen molar-refractivity contribution in [3.63, 3.8) is 0 Å². The van der Waals surface area contributed by atoms with E-state index in [9.17, 15) is 0 Å². The van der Waals surface area contributed by atoms with Gasteiger partial charge in [-0.15, -0.1) is 0 Å². The number of hydrogen-bond donors (Lipinski definition) is 0. The van der Waals surface area contributed by atoms with Gasteiger partial charge in [0.25, 0.3) is 0 Å². The van der Waals surface area contributed by atoms with Crippen molar-refractivity contribution in [2.45, 2.75) is 47.5 Å². The largest absolute Gasteiger partial charge is 0.0817 e. The highest BCUT2D eigenvalue weighted by molar-refractivity contribution is 5.31. The predicted molar refractivity (Wildman–Crippen MR) is 59.7 cm³/mol. The third-order valence-electron chi connectivity index (χ3n) is 2.64. The lowest BCUT2D eigenvalue weighted by atomic mass is 9.89. The quantitative estimate of drug-likeness (QED) is 0.590.